The Kier molecular flexibility index (Phi) is 5.41. The van der Waals surface area contributed by atoms with E-state index in [1.807, 2.05) is 44.2 Å². The van der Waals surface area contributed by atoms with Crippen LogP contribution in [0, 0.1) is 0 Å². The minimum Gasteiger partial charge on any atom is -0.352 e. The molecule has 2 heterocycles. The molecule has 1 amide bonds. The van der Waals surface area contributed by atoms with Gasteiger partial charge in [0.15, 0.2) is 0 Å². The van der Waals surface area contributed by atoms with Gasteiger partial charge < -0.3 is 5.32 Å². The van der Waals surface area contributed by atoms with E-state index in [-0.39, 0.29) is 24.4 Å². The Hall–Kier alpha value is -3.02. The zero-order chi connectivity index (χ0) is 18.5. The predicted molar refractivity (Wildman–Crippen MR) is 101 cm³/mol. The summed E-state index contributed by atoms with van der Waals surface area (Å²) < 4.78 is 0. The summed E-state index contributed by atoms with van der Waals surface area (Å²) in [4.78, 5) is 28.8. The topological polar surface area (TPSA) is 87.7 Å². The Labute approximate surface area is 151 Å². The molecule has 3 rings (SSSR count). The average molecular weight is 350 g/mol. The van der Waals surface area contributed by atoms with E-state index in [4.69, 9.17) is 0 Å². The van der Waals surface area contributed by atoms with Crippen molar-refractivity contribution in [3.05, 3.63) is 69.3 Å². The molecule has 0 radical (unpaired) electrons. The van der Waals surface area contributed by atoms with Crippen molar-refractivity contribution < 1.29 is 4.79 Å². The molecule has 0 unspecified atom stereocenters. The van der Waals surface area contributed by atoms with Gasteiger partial charge in [-0.15, -0.1) is 0 Å². The van der Waals surface area contributed by atoms with Crippen molar-refractivity contribution in [1.29, 1.82) is 0 Å². The van der Waals surface area contributed by atoms with Gasteiger partial charge in [0.2, 0.25) is 5.91 Å². The Morgan fingerprint density at radius 1 is 1.15 bits per heavy atom. The second kappa shape index (κ2) is 7.91. The molecule has 2 aromatic heterocycles. The number of fused-ring (bicyclic) bond motifs is 1. The quantitative estimate of drug-likeness (QED) is 0.714. The fourth-order valence-electron chi connectivity index (χ4n) is 3.11. The minimum absolute atomic E-state index is 0.140. The van der Waals surface area contributed by atoms with E-state index >= 15 is 0 Å². The highest BCUT2D eigenvalue weighted by molar-refractivity contribution is 5.82. The Bertz CT molecular complexity index is 995. The van der Waals surface area contributed by atoms with Crippen molar-refractivity contribution in [3.63, 3.8) is 0 Å². The molecule has 2 N–H and O–H groups in total. The van der Waals surface area contributed by atoms with E-state index in [1.165, 1.54) is 0 Å². The van der Waals surface area contributed by atoms with Crippen molar-refractivity contribution in [2.24, 2.45) is 0 Å². The van der Waals surface area contributed by atoms with Gasteiger partial charge in [-0.3, -0.25) is 14.6 Å². The molecular formula is C20H22N4O2. The van der Waals surface area contributed by atoms with Gasteiger partial charge in [-0.05, 0) is 36.1 Å². The Balaban J connectivity index is 1.72. The van der Waals surface area contributed by atoms with Crippen LogP contribution in [0.1, 0.15) is 36.2 Å². The van der Waals surface area contributed by atoms with Gasteiger partial charge in [-0.25, -0.2) is 5.10 Å². The summed E-state index contributed by atoms with van der Waals surface area (Å²) in [7, 11) is 0. The number of aromatic nitrogens is 3. The molecular weight excluding hydrogens is 328 g/mol. The number of pyridine rings is 1. The second-order valence-corrected chi connectivity index (χ2v) is 6.15. The molecule has 134 valence electrons. The molecule has 0 fully saturated rings. The van der Waals surface area contributed by atoms with Gasteiger partial charge in [0.05, 0.1) is 17.6 Å². The van der Waals surface area contributed by atoms with Crippen LogP contribution in [0.5, 0.6) is 0 Å². The summed E-state index contributed by atoms with van der Waals surface area (Å²) in [6.07, 6.45) is 3.39. The van der Waals surface area contributed by atoms with Crippen molar-refractivity contribution in [2.75, 3.05) is 0 Å². The number of carbonyl (C=O) groups is 1. The van der Waals surface area contributed by atoms with Crippen LogP contribution in [0.3, 0.4) is 0 Å². The van der Waals surface area contributed by atoms with Crippen LogP contribution in [0.4, 0.5) is 0 Å². The minimum atomic E-state index is -0.244. The summed E-state index contributed by atoms with van der Waals surface area (Å²) in [6.45, 7) is 4.18. The summed E-state index contributed by atoms with van der Waals surface area (Å²) in [5.41, 5.74) is 3.88. The van der Waals surface area contributed by atoms with E-state index in [0.717, 1.165) is 34.1 Å². The molecule has 1 aromatic carbocycles. The number of aryl methyl sites for hydroxylation is 1. The smallest absolute Gasteiger partial charge is 0.269 e. The van der Waals surface area contributed by atoms with E-state index in [1.54, 1.807) is 6.20 Å². The monoisotopic (exact) mass is 350 g/mol. The van der Waals surface area contributed by atoms with Crippen LogP contribution in [0.15, 0.2) is 41.3 Å². The average Bonchev–Trinajstić information content (AvgIpc) is 2.66. The zero-order valence-electron chi connectivity index (χ0n) is 15.0. The van der Waals surface area contributed by atoms with Crippen LogP contribution < -0.4 is 10.9 Å². The molecule has 0 aliphatic rings. The number of H-pyrrole nitrogens is 1. The molecule has 0 saturated heterocycles. The highest BCUT2D eigenvalue weighted by Gasteiger charge is 2.13. The number of nitrogens with one attached hydrogen (secondary N) is 2. The van der Waals surface area contributed by atoms with Crippen LogP contribution >= 0.6 is 0 Å². The summed E-state index contributed by atoms with van der Waals surface area (Å²) in [6, 6.07) is 9.76. The molecule has 6 heteroatoms. The van der Waals surface area contributed by atoms with E-state index in [9.17, 15) is 9.59 Å². The summed E-state index contributed by atoms with van der Waals surface area (Å²) >= 11 is 0. The van der Waals surface area contributed by atoms with E-state index in [2.05, 4.69) is 20.5 Å². The Morgan fingerprint density at radius 2 is 1.96 bits per heavy atom. The molecule has 0 bridgehead atoms. The molecule has 0 atom stereocenters. The lowest BCUT2D eigenvalue weighted by Crippen LogP contribution is -2.30. The van der Waals surface area contributed by atoms with Gasteiger partial charge in [0.25, 0.3) is 5.56 Å². The number of hydrogen-bond donors (Lipinski definition) is 2. The van der Waals surface area contributed by atoms with Crippen molar-refractivity contribution in [1.82, 2.24) is 20.5 Å². The normalized spacial score (nSPS) is 10.8. The number of carbonyl (C=O) groups excluding carboxylic acids is 1. The summed E-state index contributed by atoms with van der Waals surface area (Å²) in [5.74, 6) is -0.140. The van der Waals surface area contributed by atoms with Crippen LogP contribution in [-0.2, 0) is 30.6 Å². The van der Waals surface area contributed by atoms with Crippen LogP contribution in [-0.4, -0.2) is 21.1 Å². The summed E-state index contributed by atoms with van der Waals surface area (Å²) in [5, 5.41) is 10.5. The fraction of sp³-hybridized carbons (Fsp3) is 0.300. The maximum Gasteiger partial charge on any atom is 0.269 e. The third-order valence-electron chi connectivity index (χ3n) is 4.44. The van der Waals surface area contributed by atoms with Crippen molar-refractivity contribution in [3.8, 4) is 0 Å². The maximum atomic E-state index is 12.3. The Morgan fingerprint density at radius 3 is 2.73 bits per heavy atom. The predicted octanol–water partition coefficient (Wildman–Crippen LogP) is 2.30. The number of hydrogen-bond acceptors (Lipinski definition) is 4. The van der Waals surface area contributed by atoms with E-state index in [0.29, 0.717) is 12.0 Å². The van der Waals surface area contributed by atoms with Crippen molar-refractivity contribution in [2.45, 2.75) is 39.7 Å². The number of benzene rings is 1. The molecule has 26 heavy (non-hydrogen) atoms. The molecule has 3 aromatic rings. The number of aromatic amines is 1. The number of rotatable bonds is 6. The lowest BCUT2D eigenvalue weighted by molar-refractivity contribution is -0.120. The highest BCUT2D eigenvalue weighted by atomic mass is 16.1. The molecule has 0 aliphatic heterocycles. The third-order valence-corrected chi connectivity index (χ3v) is 4.44. The number of amides is 1. The van der Waals surface area contributed by atoms with Gasteiger partial charge >= 0.3 is 0 Å². The first-order chi connectivity index (χ1) is 12.6. The van der Waals surface area contributed by atoms with Gasteiger partial charge in [-0.1, -0.05) is 32.0 Å². The molecule has 6 nitrogen and oxygen atoms in total. The SMILES string of the molecule is CCc1n[nH]c(=O)c(CNC(=O)Cc2cnc3ccccc3c2)c1CC. The first-order valence-corrected chi connectivity index (χ1v) is 8.82. The van der Waals surface area contributed by atoms with E-state index < -0.39 is 0 Å². The van der Waals surface area contributed by atoms with Gasteiger partial charge in [0, 0.05) is 23.7 Å². The zero-order valence-corrected chi connectivity index (χ0v) is 15.0. The van der Waals surface area contributed by atoms with Gasteiger partial charge in [-0.2, -0.15) is 5.10 Å². The standard InChI is InChI=1S/C20H22N4O2/c1-3-15-16(20(26)24-23-17(15)4-2)12-22-19(25)10-13-9-14-7-5-6-8-18(14)21-11-13/h5-9,11H,3-4,10,12H2,1-2H3,(H,22,25)(H,24,26). The van der Waals surface area contributed by atoms with Crippen LogP contribution in [0.25, 0.3) is 10.9 Å². The fourth-order valence-corrected chi connectivity index (χ4v) is 3.11. The van der Waals surface area contributed by atoms with Crippen LogP contribution in [0.2, 0.25) is 0 Å². The molecule has 0 spiro atoms. The maximum absolute atomic E-state index is 12.3. The van der Waals surface area contributed by atoms with Gasteiger partial charge in [0.1, 0.15) is 0 Å². The lowest BCUT2D eigenvalue weighted by Gasteiger charge is -2.11. The third kappa shape index (κ3) is 3.79. The first kappa shape index (κ1) is 17.8. The number of nitrogens with zero attached hydrogens (tertiary/aromatic N) is 2. The molecule has 0 aliphatic carbocycles. The highest BCUT2D eigenvalue weighted by Crippen LogP contribution is 2.13. The lowest BCUT2D eigenvalue weighted by atomic mass is 10.0. The largest absolute Gasteiger partial charge is 0.352 e. The van der Waals surface area contributed by atoms with Crippen molar-refractivity contribution >= 4 is 16.8 Å². The first-order valence-electron chi connectivity index (χ1n) is 8.82. The molecule has 0 saturated carbocycles. The number of para-hydroxylation sites is 1. The second-order valence-electron chi connectivity index (χ2n) is 6.15.